The zero-order chi connectivity index (χ0) is 17.1. The first kappa shape index (κ1) is 15.7. The van der Waals surface area contributed by atoms with Crippen molar-refractivity contribution in [2.75, 3.05) is 11.9 Å². The smallest absolute Gasteiger partial charge is 0.319 e. The highest BCUT2D eigenvalue weighted by atomic mass is 16.5. The summed E-state index contributed by atoms with van der Waals surface area (Å²) in [4.78, 5) is 12.3. The quantitative estimate of drug-likeness (QED) is 0.684. The second-order valence-corrected chi connectivity index (χ2v) is 6.26. The minimum atomic E-state index is -0.193. The minimum absolute atomic E-state index is 0.0301. The predicted octanol–water partition coefficient (Wildman–Crippen LogP) is 3.60. The molecule has 1 aliphatic heterocycles. The Bertz CT molecular complexity index is 862. The second-order valence-electron chi connectivity index (χ2n) is 6.26. The van der Waals surface area contributed by atoms with E-state index in [1.54, 1.807) is 6.20 Å². The summed E-state index contributed by atoms with van der Waals surface area (Å²) < 4.78 is 5.85. The van der Waals surface area contributed by atoms with Crippen molar-refractivity contribution in [3.63, 3.8) is 0 Å². The number of hydrogen-bond acceptors (Lipinski definition) is 3. The zero-order valence-electron chi connectivity index (χ0n) is 13.7. The van der Waals surface area contributed by atoms with Crippen LogP contribution in [-0.2, 0) is 4.74 Å². The first-order valence-corrected chi connectivity index (χ1v) is 8.45. The molecule has 2 unspecified atom stereocenters. The van der Waals surface area contributed by atoms with Gasteiger partial charge in [-0.25, -0.2) is 4.79 Å². The zero-order valence-corrected chi connectivity index (χ0v) is 13.7. The average molecular weight is 336 g/mol. The van der Waals surface area contributed by atoms with Crippen LogP contribution in [0.1, 0.15) is 24.5 Å². The topological polar surface area (TPSA) is 79.0 Å². The van der Waals surface area contributed by atoms with Gasteiger partial charge in [0.2, 0.25) is 0 Å². The molecule has 128 valence electrons. The molecule has 1 aliphatic rings. The fraction of sp³-hybridized carbons (Fsp3) is 0.263. The summed E-state index contributed by atoms with van der Waals surface area (Å²) in [6.45, 7) is 0.644. The molecule has 1 saturated heterocycles. The van der Waals surface area contributed by atoms with Gasteiger partial charge < -0.3 is 15.4 Å². The van der Waals surface area contributed by atoms with E-state index in [9.17, 15) is 4.79 Å². The van der Waals surface area contributed by atoms with Crippen LogP contribution in [0.3, 0.4) is 0 Å². The molecule has 4 rings (SSSR count). The van der Waals surface area contributed by atoms with Crippen molar-refractivity contribution in [3.8, 4) is 0 Å². The normalized spacial score (nSPS) is 20.3. The summed E-state index contributed by atoms with van der Waals surface area (Å²) >= 11 is 0. The number of nitrogens with one attached hydrogen (secondary N) is 3. The first-order chi connectivity index (χ1) is 12.3. The summed E-state index contributed by atoms with van der Waals surface area (Å²) in [6, 6.07) is 15.7. The molecular weight excluding hydrogens is 316 g/mol. The standard InChI is InChI=1S/C19H20N4O2/c24-19(21-15-6-7-17-14(10-15)12-20-23-17)22-16-8-9-25-18(11-16)13-4-2-1-3-5-13/h1-7,10,12,16,18H,8-9,11H2,(H,20,23)(H2,21,22,24). The van der Waals surface area contributed by atoms with Crippen LogP contribution < -0.4 is 10.6 Å². The molecule has 1 fully saturated rings. The van der Waals surface area contributed by atoms with Gasteiger partial charge in [-0.05, 0) is 36.6 Å². The molecular formula is C19H20N4O2. The fourth-order valence-corrected chi connectivity index (χ4v) is 3.20. The van der Waals surface area contributed by atoms with Crippen molar-refractivity contribution < 1.29 is 9.53 Å². The molecule has 0 spiro atoms. The number of ether oxygens (including phenoxy) is 1. The molecule has 0 radical (unpaired) electrons. The molecule has 25 heavy (non-hydrogen) atoms. The molecule has 6 heteroatoms. The van der Waals surface area contributed by atoms with Gasteiger partial charge in [0, 0.05) is 23.7 Å². The summed E-state index contributed by atoms with van der Waals surface area (Å²) in [5, 5.41) is 13.8. The third-order valence-corrected chi connectivity index (χ3v) is 4.49. The number of carbonyl (C=O) groups excluding carboxylic acids is 1. The van der Waals surface area contributed by atoms with Crippen molar-refractivity contribution in [2.45, 2.75) is 25.0 Å². The number of carbonyl (C=O) groups is 1. The Hall–Kier alpha value is -2.86. The van der Waals surface area contributed by atoms with E-state index in [1.807, 2.05) is 36.4 Å². The second kappa shape index (κ2) is 6.94. The largest absolute Gasteiger partial charge is 0.373 e. The van der Waals surface area contributed by atoms with Gasteiger partial charge in [-0.1, -0.05) is 30.3 Å². The molecule has 2 amide bonds. The Kier molecular flexibility index (Phi) is 4.35. The fourth-order valence-electron chi connectivity index (χ4n) is 3.20. The van der Waals surface area contributed by atoms with Gasteiger partial charge in [-0.3, -0.25) is 5.10 Å². The first-order valence-electron chi connectivity index (χ1n) is 8.45. The van der Waals surface area contributed by atoms with Gasteiger partial charge in [0.05, 0.1) is 17.8 Å². The molecule has 3 N–H and O–H groups in total. The van der Waals surface area contributed by atoms with Gasteiger partial charge in [0.1, 0.15) is 0 Å². The Labute approximate surface area is 145 Å². The van der Waals surface area contributed by atoms with Crippen LogP contribution in [0, 0.1) is 0 Å². The number of rotatable bonds is 3. The lowest BCUT2D eigenvalue weighted by Crippen LogP contribution is -2.42. The van der Waals surface area contributed by atoms with Crippen molar-refractivity contribution >= 4 is 22.6 Å². The lowest BCUT2D eigenvalue weighted by molar-refractivity contribution is 0.00254. The third kappa shape index (κ3) is 3.64. The molecule has 2 aromatic carbocycles. The number of nitrogens with zero attached hydrogens (tertiary/aromatic N) is 1. The maximum Gasteiger partial charge on any atom is 0.319 e. The van der Waals surface area contributed by atoms with E-state index in [1.165, 1.54) is 0 Å². The van der Waals surface area contributed by atoms with Crippen LogP contribution in [0.4, 0.5) is 10.5 Å². The summed E-state index contributed by atoms with van der Waals surface area (Å²) in [5.41, 5.74) is 2.85. The van der Waals surface area contributed by atoms with Gasteiger partial charge in [0.25, 0.3) is 0 Å². The molecule has 2 heterocycles. The number of H-pyrrole nitrogens is 1. The highest BCUT2D eigenvalue weighted by Crippen LogP contribution is 2.28. The lowest BCUT2D eigenvalue weighted by atomic mass is 9.97. The van der Waals surface area contributed by atoms with Crippen LogP contribution in [0.2, 0.25) is 0 Å². The lowest BCUT2D eigenvalue weighted by Gasteiger charge is -2.30. The minimum Gasteiger partial charge on any atom is -0.373 e. The summed E-state index contributed by atoms with van der Waals surface area (Å²) in [7, 11) is 0. The van der Waals surface area contributed by atoms with Crippen LogP contribution in [0.25, 0.3) is 10.9 Å². The van der Waals surface area contributed by atoms with Crippen molar-refractivity contribution in [1.82, 2.24) is 15.5 Å². The van der Waals surface area contributed by atoms with Crippen molar-refractivity contribution in [2.24, 2.45) is 0 Å². The third-order valence-electron chi connectivity index (χ3n) is 4.49. The van der Waals surface area contributed by atoms with Crippen LogP contribution in [0.15, 0.2) is 54.7 Å². The van der Waals surface area contributed by atoms with E-state index in [2.05, 4.69) is 33.0 Å². The highest BCUT2D eigenvalue weighted by Gasteiger charge is 2.25. The van der Waals surface area contributed by atoms with Gasteiger partial charge in [0.15, 0.2) is 0 Å². The van der Waals surface area contributed by atoms with E-state index < -0.39 is 0 Å². The number of urea groups is 1. The Morgan fingerprint density at radius 2 is 2.08 bits per heavy atom. The Balaban J connectivity index is 1.36. The average Bonchev–Trinajstić information content (AvgIpc) is 3.10. The number of aromatic nitrogens is 2. The number of aromatic amines is 1. The van der Waals surface area contributed by atoms with Crippen LogP contribution >= 0.6 is 0 Å². The van der Waals surface area contributed by atoms with Crippen molar-refractivity contribution in [1.29, 1.82) is 0 Å². The number of anilines is 1. The molecule has 0 saturated carbocycles. The van der Waals surface area contributed by atoms with Crippen LogP contribution in [0.5, 0.6) is 0 Å². The number of amides is 2. The molecule has 0 bridgehead atoms. The summed E-state index contributed by atoms with van der Waals surface area (Å²) in [5.74, 6) is 0. The van der Waals surface area contributed by atoms with Crippen LogP contribution in [-0.4, -0.2) is 28.9 Å². The van der Waals surface area contributed by atoms with Gasteiger partial charge >= 0.3 is 6.03 Å². The van der Waals surface area contributed by atoms with Crippen molar-refractivity contribution in [3.05, 3.63) is 60.3 Å². The van der Waals surface area contributed by atoms with Gasteiger partial charge in [-0.2, -0.15) is 5.10 Å². The van der Waals surface area contributed by atoms with E-state index in [-0.39, 0.29) is 18.2 Å². The number of fused-ring (bicyclic) bond motifs is 1. The highest BCUT2D eigenvalue weighted by molar-refractivity contribution is 5.92. The van der Waals surface area contributed by atoms with Gasteiger partial charge in [-0.15, -0.1) is 0 Å². The maximum absolute atomic E-state index is 12.3. The van der Waals surface area contributed by atoms with E-state index in [4.69, 9.17) is 4.74 Å². The Morgan fingerprint density at radius 3 is 2.96 bits per heavy atom. The molecule has 0 aliphatic carbocycles. The number of hydrogen-bond donors (Lipinski definition) is 3. The molecule has 6 nitrogen and oxygen atoms in total. The monoisotopic (exact) mass is 336 g/mol. The maximum atomic E-state index is 12.3. The molecule has 3 aromatic rings. The SMILES string of the molecule is O=C(Nc1ccc2[nH]ncc2c1)NC1CCOC(c2ccccc2)C1. The van der Waals surface area contributed by atoms with E-state index in [0.29, 0.717) is 6.61 Å². The summed E-state index contributed by atoms with van der Waals surface area (Å²) in [6.07, 6.45) is 3.36. The molecule has 1 aromatic heterocycles. The van der Waals surface area contributed by atoms with E-state index in [0.717, 1.165) is 35.0 Å². The predicted molar refractivity (Wildman–Crippen MR) is 96.4 cm³/mol. The molecule has 2 atom stereocenters. The Morgan fingerprint density at radius 1 is 1.20 bits per heavy atom. The number of benzene rings is 2. The van der Waals surface area contributed by atoms with E-state index >= 15 is 0 Å².